The van der Waals surface area contributed by atoms with Crippen molar-refractivity contribution in [3.63, 3.8) is 0 Å². The first-order valence-corrected chi connectivity index (χ1v) is 10.5. The smallest absolute Gasteiger partial charge is 0.337 e. The second-order valence-electron chi connectivity index (χ2n) is 7.38. The highest BCUT2D eigenvalue weighted by molar-refractivity contribution is 5.99. The molecule has 3 N–H and O–H groups in total. The zero-order chi connectivity index (χ0) is 24.8. The minimum Gasteiger partial charge on any atom is -0.465 e. The molecule has 10 heteroatoms. The number of anilines is 2. The van der Waals surface area contributed by atoms with E-state index in [0.29, 0.717) is 34.7 Å². The second kappa shape index (κ2) is 10.3. The van der Waals surface area contributed by atoms with E-state index >= 15 is 0 Å². The van der Waals surface area contributed by atoms with Crippen molar-refractivity contribution in [2.45, 2.75) is 6.54 Å². The topological polar surface area (TPSA) is 134 Å². The van der Waals surface area contributed by atoms with Crippen LogP contribution in [0.4, 0.5) is 11.5 Å². The lowest BCUT2D eigenvalue weighted by molar-refractivity contribution is -0.111. The number of nitrogens with zero attached hydrogens (tertiary/aromatic N) is 4. The van der Waals surface area contributed by atoms with Crippen molar-refractivity contribution in [2.75, 3.05) is 18.2 Å². The normalized spacial score (nSPS) is 10.4. The van der Waals surface area contributed by atoms with Gasteiger partial charge in [0.25, 0.3) is 0 Å². The van der Waals surface area contributed by atoms with E-state index in [0.717, 1.165) is 5.56 Å². The Morgan fingerprint density at radius 2 is 2.00 bits per heavy atom. The first-order chi connectivity index (χ1) is 17.0. The maximum absolute atomic E-state index is 11.8. The average molecular weight is 470 g/mol. The summed E-state index contributed by atoms with van der Waals surface area (Å²) in [6.07, 6.45) is 5.90. The Labute approximate surface area is 201 Å². The standard InChI is InChI=1S/C25H22N6O4/c1-3-21(32)30-19-8-5-9-20(11-19)35-24-22(23(26)27-15-28-24)18-12-29-31(14-18)13-16-6-4-7-17(10-16)25(33)34-2/h3-12,14-15H,1,13H2,2H3,(H,30,32)(H2,26,27,28). The number of benzene rings is 2. The van der Waals surface area contributed by atoms with Crippen LogP contribution >= 0.6 is 0 Å². The van der Waals surface area contributed by atoms with Crippen molar-refractivity contribution in [3.05, 3.63) is 91.0 Å². The molecule has 2 aromatic heterocycles. The van der Waals surface area contributed by atoms with Gasteiger partial charge < -0.3 is 20.5 Å². The molecule has 4 rings (SSSR count). The summed E-state index contributed by atoms with van der Waals surface area (Å²) in [5.74, 6) is 0.157. The zero-order valence-corrected chi connectivity index (χ0v) is 18.8. The third-order valence-corrected chi connectivity index (χ3v) is 4.96. The number of methoxy groups -OCH3 is 1. The zero-order valence-electron chi connectivity index (χ0n) is 18.8. The van der Waals surface area contributed by atoms with Crippen LogP contribution in [0.15, 0.2) is 79.9 Å². The van der Waals surface area contributed by atoms with Crippen LogP contribution in [-0.4, -0.2) is 38.7 Å². The van der Waals surface area contributed by atoms with Crippen LogP contribution in [0.1, 0.15) is 15.9 Å². The first-order valence-electron chi connectivity index (χ1n) is 10.5. The van der Waals surface area contributed by atoms with Gasteiger partial charge in [0.05, 0.1) is 31.0 Å². The summed E-state index contributed by atoms with van der Waals surface area (Å²) in [5, 5.41) is 7.08. The molecular formula is C25H22N6O4. The van der Waals surface area contributed by atoms with Crippen molar-refractivity contribution < 1.29 is 19.1 Å². The molecule has 10 nitrogen and oxygen atoms in total. The van der Waals surface area contributed by atoms with E-state index in [1.54, 1.807) is 59.5 Å². The molecule has 0 atom stereocenters. The third kappa shape index (κ3) is 5.50. The Hall–Kier alpha value is -4.99. The number of ether oxygens (including phenoxy) is 2. The Kier molecular flexibility index (Phi) is 6.82. The molecule has 0 aliphatic carbocycles. The van der Waals surface area contributed by atoms with Crippen molar-refractivity contribution in [2.24, 2.45) is 0 Å². The van der Waals surface area contributed by atoms with E-state index in [4.69, 9.17) is 15.2 Å². The highest BCUT2D eigenvalue weighted by Gasteiger charge is 2.17. The molecule has 35 heavy (non-hydrogen) atoms. The van der Waals surface area contributed by atoms with Crippen LogP contribution in [0.2, 0.25) is 0 Å². The summed E-state index contributed by atoms with van der Waals surface area (Å²) in [5.41, 5.74) is 9.16. The summed E-state index contributed by atoms with van der Waals surface area (Å²) < 4.78 is 12.5. The van der Waals surface area contributed by atoms with E-state index in [1.807, 2.05) is 6.07 Å². The van der Waals surface area contributed by atoms with Gasteiger partial charge in [-0.05, 0) is 35.9 Å². The molecule has 2 aromatic carbocycles. The fraction of sp³-hybridized carbons (Fsp3) is 0.0800. The maximum Gasteiger partial charge on any atom is 0.337 e. The number of rotatable bonds is 8. The Bertz CT molecular complexity index is 1400. The van der Waals surface area contributed by atoms with Crippen LogP contribution < -0.4 is 15.8 Å². The minimum absolute atomic E-state index is 0.221. The number of hydrogen-bond acceptors (Lipinski definition) is 8. The molecule has 0 unspecified atom stereocenters. The lowest BCUT2D eigenvalue weighted by Gasteiger charge is -2.11. The van der Waals surface area contributed by atoms with E-state index in [-0.39, 0.29) is 17.6 Å². The SMILES string of the molecule is C=CC(=O)Nc1cccc(Oc2ncnc(N)c2-c2cnn(Cc3cccc(C(=O)OC)c3)c2)c1. The van der Waals surface area contributed by atoms with Gasteiger partial charge in [0.15, 0.2) is 0 Å². The van der Waals surface area contributed by atoms with Gasteiger partial charge in [-0.1, -0.05) is 24.8 Å². The highest BCUT2D eigenvalue weighted by Crippen LogP contribution is 2.35. The van der Waals surface area contributed by atoms with Gasteiger partial charge in [-0.25, -0.2) is 14.8 Å². The first kappa shape index (κ1) is 23.2. The predicted molar refractivity (Wildman–Crippen MR) is 130 cm³/mol. The molecule has 4 aromatic rings. The van der Waals surface area contributed by atoms with Crippen LogP contribution in [-0.2, 0) is 16.1 Å². The van der Waals surface area contributed by atoms with E-state index < -0.39 is 5.97 Å². The van der Waals surface area contributed by atoms with Gasteiger partial charge in [0.1, 0.15) is 17.9 Å². The summed E-state index contributed by atoms with van der Waals surface area (Å²) in [6.45, 7) is 3.86. The monoisotopic (exact) mass is 470 g/mol. The number of carbonyl (C=O) groups is 2. The van der Waals surface area contributed by atoms with Crippen molar-refractivity contribution in [1.82, 2.24) is 19.7 Å². The van der Waals surface area contributed by atoms with Crippen LogP contribution in [0.25, 0.3) is 11.1 Å². The fourth-order valence-corrected chi connectivity index (χ4v) is 3.35. The number of hydrogen-bond donors (Lipinski definition) is 2. The van der Waals surface area contributed by atoms with Gasteiger partial charge in [-0.2, -0.15) is 5.10 Å². The minimum atomic E-state index is -0.405. The summed E-state index contributed by atoms with van der Waals surface area (Å²) in [7, 11) is 1.34. The van der Waals surface area contributed by atoms with Crippen molar-refractivity contribution in [1.29, 1.82) is 0 Å². The molecule has 0 aliphatic rings. The highest BCUT2D eigenvalue weighted by atomic mass is 16.5. The quantitative estimate of drug-likeness (QED) is 0.294. The molecule has 0 saturated carbocycles. The Morgan fingerprint density at radius 3 is 2.80 bits per heavy atom. The Balaban J connectivity index is 1.59. The van der Waals surface area contributed by atoms with E-state index in [2.05, 4.69) is 27.0 Å². The van der Waals surface area contributed by atoms with Gasteiger partial charge in [-0.15, -0.1) is 0 Å². The van der Waals surface area contributed by atoms with Gasteiger partial charge >= 0.3 is 5.97 Å². The molecule has 0 spiro atoms. The van der Waals surface area contributed by atoms with Crippen LogP contribution in [0, 0.1) is 0 Å². The number of nitrogen functional groups attached to an aromatic ring is 1. The average Bonchev–Trinajstić information content (AvgIpc) is 3.31. The predicted octanol–water partition coefficient (Wildman–Crippen LogP) is 3.67. The molecule has 0 saturated heterocycles. The second-order valence-corrected chi connectivity index (χ2v) is 7.38. The number of carbonyl (C=O) groups excluding carboxylic acids is 2. The Morgan fingerprint density at radius 1 is 1.17 bits per heavy atom. The maximum atomic E-state index is 11.8. The van der Waals surface area contributed by atoms with E-state index in [1.165, 1.54) is 19.5 Å². The fourth-order valence-electron chi connectivity index (χ4n) is 3.35. The molecule has 0 bridgehead atoms. The van der Waals surface area contributed by atoms with E-state index in [9.17, 15) is 9.59 Å². The number of esters is 1. The van der Waals surface area contributed by atoms with Crippen molar-refractivity contribution >= 4 is 23.4 Å². The number of aromatic nitrogens is 4. The molecule has 1 amide bonds. The number of nitrogens with one attached hydrogen (secondary N) is 1. The molecule has 0 radical (unpaired) electrons. The van der Waals surface area contributed by atoms with Crippen LogP contribution in [0.5, 0.6) is 11.6 Å². The summed E-state index contributed by atoms with van der Waals surface area (Å²) >= 11 is 0. The van der Waals surface area contributed by atoms with Crippen molar-refractivity contribution in [3.8, 4) is 22.8 Å². The van der Waals surface area contributed by atoms with Gasteiger partial charge in [0.2, 0.25) is 11.8 Å². The molecular weight excluding hydrogens is 448 g/mol. The van der Waals surface area contributed by atoms with Gasteiger partial charge in [-0.3, -0.25) is 9.48 Å². The molecule has 0 fully saturated rings. The van der Waals surface area contributed by atoms with Crippen LogP contribution in [0.3, 0.4) is 0 Å². The largest absolute Gasteiger partial charge is 0.465 e. The lowest BCUT2D eigenvalue weighted by Crippen LogP contribution is -2.07. The summed E-state index contributed by atoms with van der Waals surface area (Å²) in [4.78, 5) is 31.7. The summed E-state index contributed by atoms with van der Waals surface area (Å²) in [6, 6.07) is 14.0. The lowest BCUT2D eigenvalue weighted by atomic mass is 10.1. The molecule has 0 aliphatic heterocycles. The number of amides is 1. The number of nitrogens with two attached hydrogens (primary N) is 1. The van der Waals surface area contributed by atoms with Gasteiger partial charge in [0, 0.05) is 23.5 Å². The third-order valence-electron chi connectivity index (χ3n) is 4.96. The molecule has 2 heterocycles. The molecule has 176 valence electrons.